The molecule has 5 heteroatoms. The second-order valence-corrected chi connectivity index (χ2v) is 6.25. The van der Waals surface area contributed by atoms with Crippen LogP contribution in [0.2, 0.25) is 5.15 Å². The van der Waals surface area contributed by atoms with Gasteiger partial charge in [0, 0.05) is 45.3 Å². The van der Waals surface area contributed by atoms with E-state index in [4.69, 9.17) is 16.6 Å². The Hall–Kier alpha value is -3.11. The van der Waals surface area contributed by atoms with Gasteiger partial charge in [-0.25, -0.2) is 9.97 Å². The Morgan fingerprint density at radius 2 is 1.36 bits per heavy atom. The smallest absolute Gasteiger partial charge is 0.155 e. The van der Waals surface area contributed by atoms with Gasteiger partial charge in [0.05, 0.1) is 11.9 Å². The normalized spacial score (nSPS) is 11.4. The van der Waals surface area contributed by atoms with Crippen LogP contribution < -0.4 is 0 Å². The van der Waals surface area contributed by atoms with Gasteiger partial charge in [-0.05, 0) is 12.1 Å². The van der Waals surface area contributed by atoms with Gasteiger partial charge in [0.15, 0.2) is 5.15 Å². The molecule has 0 unspecified atom stereocenters. The molecule has 0 spiro atoms. The highest BCUT2D eigenvalue weighted by atomic mass is 35.5. The molecule has 5 rings (SSSR count). The van der Waals surface area contributed by atoms with Gasteiger partial charge in [-0.15, -0.1) is 0 Å². The predicted octanol–water partition coefficient (Wildman–Crippen LogP) is 5.43. The van der Waals surface area contributed by atoms with Crippen molar-refractivity contribution in [3.05, 3.63) is 72.3 Å². The first-order valence-electron chi connectivity index (χ1n) is 7.97. The van der Waals surface area contributed by atoms with E-state index in [0.29, 0.717) is 10.8 Å². The van der Waals surface area contributed by atoms with Crippen LogP contribution in [0.4, 0.5) is 0 Å². The number of nitrogens with one attached hydrogen (secondary N) is 2. The minimum atomic E-state index is 0.397. The van der Waals surface area contributed by atoms with Gasteiger partial charge in [-0.2, -0.15) is 0 Å². The van der Waals surface area contributed by atoms with Crippen molar-refractivity contribution < 1.29 is 0 Å². The van der Waals surface area contributed by atoms with Crippen LogP contribution in [-0.2, 0) is 0 Å². The highest BCUT2D eigenvalue weighted by Crippen LogP contribution is 2.34. The lowest BCUT2D eigenvalue weighted by Crippen LogP contribution is -1.91. The molecule has 4 nitrogen and oxygen atoms in total. The number of benzene rings is 2. The fourth-order valence-corrected chi connectivity index (χ4v) is 3.42. The molecule has 0 fully saturated rings. The molecule has 3 heterocycles. The van der Waals surface area contributed by atoms with E-state index in [9.17, 15) is 0 Å². The zero-order chi connectivity index (χ0) is 16.8. The third-order valence-corrected chi connectivity index (χ3v) is 4.71. The maximum absolute atomic E-state index is 6.37. The molecule has 25 heavy (non-hydrogen) atoms. The fraction of sp³-hybridized carbons (Fsp3) is 0. The molecule has 0 amide bonds. The van der Waals surface area contributed by atoms with E-state index in [0.717, 1.165) is 38.6 Å². The number of halogens is 1. The van der Waals surface area contributed by atoms with E-state index in [1.54, 1.807) is 6.20 Å². The Labute approximate surface area is 148 Å². The lowest BCUT2D eigenvalue weighted by atomic mass is 10.1. The van der Waals surface area contributed by atoms with Crippen LogP contribution in [0, 0.1) is 0 Å². The van der Waals surface area contributed by atoms with Crippen LogP contribution >= 0.6 is 11.6 Å². The Balaban J connectivity index is 1.73. The summed E-state index contributed by atoms with van der Waals surface area (Å²) in [6.07, 6.45) is 5.61. The number of para-hydroxylation sites is 2. The number of aromatic nitrogens is 4. The van der Waals surface area contributed by atoms with Crippen LogP contribution in [0.5, 0.6) is 0 Å². The molecule has 0 saturated heterocycles. The molecule has 0 bridgehead atoms. The van der Waals surface area contributed by atoms with Crippen LogP contribution in [0.3, 0.4) is 0 Å². The number of aromatic amines is 2. The van der Waals surface area contributed by atoms with E-state index in [1.807, 2.05) is 48.8 Å². The zero-order valence-electron chi connectivity index (χ0n) is 13.1. The number of nitrogens with zero attached hydrogens (tertiary/aromatic N) is 2. The Morgan fingerprint density at radius 3 is 2.08 bits per heavy atom. The maximum atomic E-state index is 6.37. The molecule has 120 valence electrons. The molecular weight excluding hydrogens is 332 g/mol. The molecule has 3 aromatic heterocycles. The monoisotopic (exact) mass is 344 g/mol. The van der Waals surface area contributed by atoms with Crippen molar-refractivity contribution in [2.45, 2.75) is 0 Å². The summed E-state index contributed by atoms with van der Waals surface area (Å²) in [7, 11) is 0. The number of H-pyrrole nitrogens is 2. The summed E-state index contributed by atoms with van der Waals surface area (Å²) in [6.45, 7) is 0. The molecule has 2 aromatic carbocycles. The maximum Gasteiger partial charge on any atom is 0.155 e. The molecule has 0 aliphatic rings. The van der Waals surface area contributed by atoms with Crippen molar-refractivity contribution in [2.75, 3.05) is 0 Å². The van der Waals surface area contributed by atoms with Gasteiger partial charge in [-0.3, -0.25) is 0 Å². The molecule has 0 aliphatic carbocycles. The fourth-order valence-electron chi connectivity index (χ4n) is 3.23. The summed E-state index contributed by atoms with van der Waals surface area (Å²) in [5, 5.41) is 2.59. The number of rotatable bonds is 2. The highest BCUT2D eigenvalue weighted by molar-refractivity contribution is 6.32. The van der Waals surface area contributed by atoms with Gasteiger partial charge in [0.25, 0.3) is 0 Å². The first kappa shape index (κ1) is 14.3. The van der Waals surface area contributed by atoms with Crippen molar-refractivity contribution >= 4 is 33.4 Å². The zero-order valence-corrected chi connectivity index (χ0v) is 13.9. The molecule has 0 atom stereocenters. The molecular formula is C20H13ClN4. The van der Waals surface area contributed by atoms with Gasteiger partial charge >= 0.3 is 0 Å². The quantitative estimate of drug-likeness (QED) is 0.449. The second-order valence-electron chi connectivity index (χ2n) is 5.89. The topological polar surface area (TPSA) is 57.4 Å². The first-order valence-corrected chi connectivity index (χ1v) is 8.34. The van der Waals surface area contributed by atoms with E-state index in [2.05, 4.69) is 27.1 Å². The van der Waals surface area contributed by atoms with Crippen LogP contribution in [0.15, 0.2) is 67.1 Å². The summed E-state index contributed by atoms with van der Waals surface area (Å²) in [5.41, 5.74) is 5.57. The largest absolute Gasteiger partial charge is 0.360 e. The summed E-state index contributed by atoms with van der Waals surface area (Å²) in [4.78, 5) is 15.7. The van der Waals surface area contributed by atoms with Crippen molar-refractivity contribution in [1.82, 2.24) is 19.9 Å². The van der Waals surface area contributed by atoms with Crippen molar-refractivity contribution in [1.29, 1.82) is 0 Å². The number of fused-ring (bicyclic) bond motifs is 2. The van der Waals surface area contributed by atoms with E-state index >= 15 is 0 Å². The molecule has 2 N–H and O–H groups in total. The summed E-state index contributed by atoms with van der Waals surface area (Å²) in [6, 6.07) is 16.2. The van der Waals surface area contributed by atoms with E-state index in [-0.39, 0.29) is 0 Å². The summed E-state index contributed by atoms with van der Waals surface area (Å²) in [5.74, 6) is 0. The molecule has 0 saturated carbocycles. The third kappa shape index (κ3) is 2.22. The standard InChI is InChI=1S/C20H13ClN4/c21-20-19(15-10-23-17-8-4-2-6-13(15)17)25-18(11-24-20)14-9-22-16-7-3-1-5-12(14)16/h1-11,22-23H. The minimum Gasteiger partial charge on any atom is -0.360 e. The average Bonchev–Trinajstić information content (AvgIpc) is 3.26. The predicted molar refractivity (Wildman–Crippen MR) is 102 cm³/mol. The van der Waals surface area contributed by atoms with Crippen molar-refractivity contribution in [2.24, 2.45) is 0 Å². The van der Waals surface area contributed by atoms with E-state index < -0.39 is 0 Å². The van der Waals surface area contributed by atoms with Gasteiger partial charge in [-0.1, -0.05) is 48.0 Å². The van der Waals surface area contributed by atoms with Gasteiger partial charge in [0.1, 0.15) is 5.69 Å². The average molecular weight is 345 g/mol. The van der Waals surface area contributed by atoms with Crippen LogP contribution in [0.1, 0.15) is 0 Å². The van der Waals surface area contributed by atoms with Gasteiger partial charge < -0.3 is 9.97 Å². The Kier molecular flexibility index (Phi) is 3.11. The first-order chi connectivity index (χ1) is 12.3. The number of hydrogen-bond acceptors (Lipinski definition) is 2. The SMILES string of the molecule is Clc1ncc(-c2c[nH]c3ccccc23)nc1-c1c[nH]c2ccccc12. The van der Waals surface area contributed by atoms with Crippen LogP contribution in [-0.4, -0.2) is 19.9 Å². The lowest BCUT2D eigenvalue weighted by Gasteiger charge is -2.05. The van der Waals surface area contributed by atoms with Crippen LogP contribution in [0.25, 0.3) is 44.3 Å². The third-order valence-electron chi connectivity index (χ3n) is 4.44. The van der Waals surface area contributed by atoms with Crippen molar-refractivity contribution in [3.63, 3.8) is 0 Å². The van der Waals surface area contributed by atoms with Crippen molar-refractivity contribution in [3.8, 4) is 22.5 Å². The van der Waals surface area contributed by atoms with Gasteiger partial charge in [0.2, 0.25) is 0 Å². The Bertz CT molecular complexity index is 1220. The molecule has 0 radical (unpaired) electrons. The lowest BCUT2D eigenvalue weighted by molar-refractivity contribution is 1.21. The molecule has 0 aliphatic heterocycles. The second kappa shape index (κ2) is 5.46. The molecule has 5 aromatic rings. The summed E-state index contributed by atoms with van der Waals surface area (Å²) < 4.78 is 0. The summed E-state index contributed by atoms with van der Waals surface area (Å²) >= 11 is 6.37. The highest BCUT2D eigenvalue weighted by Gasteiger charge is 2.15. The Morgan fingerprint density at radius 1 is 0.760 bits per heavy atom. The van der Waals surface area contributed by atoms with E-state index in [1.165, 1.54) is 0 Å². The minimum absolute atomic E-state index is 0.397. The number of hydrogen-bond donors (Lipinski definition) is 2.